The van der Waals surface area contributed by atoms with Gasteiger partial charge in [0.1, 0.15) is 5.75 Å². The molecule has 0 fully saturated rings. The summed E-state index contributed by atoms with van der Waals surface area (Å²) >= 11 is 11.9. The van der Waals surface area contributed by atoms with E-state index in [0.29, 0.717) is 28.8 Å². The highest BCUT2D eigenvalue weighted by atomic mass is 35.5. The average Bonchev–Trinajstić information content (AvgIpc) is 2.17. The molecule has 0 saturated carbocycles. The third-order valence-electron chi connectivity index (χ3n) is 1.82. The Kier molecular flexibility index (Phi) is 5.19. The molecule has 1 aromatic rings. The van der Waals surface area contributed by atoms with Crippen molar-refractivity contribution in [3.63, 3.8) is 0 Å². The van der Waals surface area contributed by atoms with Crippen LogP contribution in [0.5, 0.6) is 5.75 Å². The molecule has 0 aliphatic carbocycles. The van der Waals surface area contributed by atoms with Crippen LogP contribution in [-0.2, 0) is 11.2 Å². The summed E-state index contributed by atoms with van der Waals surface area (Å²) in [6.07, 6.45) is 0.666. The van der Waals surface area contributed by atoms with Crippen LogP contribution >= 0.6 is 23.2 Å². The number of methoxy groups -OCH3 is 1. The van der Waals surface area contributed by atoms with Crippen LogP contribution in [0.3, 0.4) is 0 Å². The number of ether oxygens (including phenoxy) is 2. The number of benzene rings is 1. The van der Waals surface area contributed by atoms with Gasteiger partial charge in [-0.05, 0) is 30.7 Å². The van der Waals surface area contributed by atoms with Crippen LogP contribution in [0.4, 0.5) is 0 Å². The Labute approximate surface area is 99.1 Å². The van der Waals surface area contributed by atoms with Gasteiger partial charge in [-0.25, -0.2) is 0 Å². The predicted octanol–water partition coefficient (Wildman–Crippen LogP) is 2.48. The zero-order valence-electron chi connectivity index (χ0n) is 8.43. The highest BCUT2D eigenvalue weighted by Crippen LogP contribution is 2.32. The molecule has 0 unspecified atom stereocenters. The molecule has 0 atom stereocenters. The molecule has 0 amide bonds. The lowest BCUT2D eigenvalue weighted by Gasteiger charge is -2.12. The maximum absolute atomic E-state index is 6.00. The molecular formula is C10H13Cl2NO2. The molecule has 0 aliphatic rings. The Morgan fingerprint density at radius 2 is 2.07 bits per heavy atom. The van der Waals surface area contributed by atoms with Crippen molar-refractivity contribution in [3.05, 3.63) is 27.7 Å². The minimum absolute atomic E-state index is 0.152. The van der Waals surface area contributed by atoms with Gasteiger partial charge in [-0.2, -0.15) is 0 Å². The standard InChI is InChI=1S/C10H13Cl2NO2/c1-14-6-15-10-7(2-3-13)4-8(11)5-9(10)12/h4-5H,2-3,6,13H2,1H3. The third-order valence-corrected chi connectivity index (χ3v) is 2.32. The van der Waals surface area contributed by atoms with Crippen LogP contribution in [0.15, 0.2) is 12.1 Å². The smallest absolute Gasteiger partial charge is 0.188 e. The lowest BCUT2D eigenvalue weighted by Crippen LogP contribution is -2.07. The Hall–Kier alpha value is -0.480. The fourth-order valence-electron chi connectivity index (χ4n) is 1.23. The minimum Gasteiger partial charge on any atom is -0.466 e. The van der Waals surface area contributed by atoms with Crippen molar-refractivity contribution in [1.29, 1.82) is 0 Å². The first-order valence-electron chi connectivity index (χ1n) is 4.48. The summed E-state index contributed by atoms with van der Waals surface area (Å²) in [5.41, 5.74) is 6.38. The van der Waals surface area contributed by atoms with Gasteiger partial charge in [-0.1, -0.05) is 23.2 Å². The van der Waals surface area contributed by atoms with Crippen molar-refractivity contribution in [1.82, 2.24) is 0 Å². The van der Waals surface area contributed by atoms with Gasteiger partial charge in [0.25, 0.3) is 0 Å². The molecular weight excluding hydrogens is 237 g/mol. The van der Waals surface area contributed by atoms with Crippen molar-refractivity contribution in [3.8, 4) is 5.75 Å². The summed E-state index contributed by atoms with van der Waals surface area (Å²) in [5, 5.41) is 1.05. The lowest BCUT2D eigenvalue weighted by atomic mass is 10.1. The van der Waals surface area contributed by atoms with E-state index in [1.165, 1.54) is 0 Å². The van der Waals surface area contributed by atoms with Crippen LogP contribution in [0, 0.1) is 0 Å². The molecule has 0 radical (unpaired) electrons. The summed E-state index contributed by atoms with van der Waals surface area (Å²) in [7, 11) is 1.55. The van der Waals surface area contributed by atoms with Crippen LogP contribution in [0.25, 0.3) is 0 Å². The molecule has 0 heterocycles. The van der Waals surface area contributed by atoms with Gasteiger partial charge < -0.3 is 15.2 Å². The highest BCUT2D eigenvalue weighted by Gasteiger charge is 2.10. The average molecular weight is 250 g/mol. The van der Waals surface area contributed by atoms with E-state index in [1.807, 2.05) is 0 Å². The van der Waals surface area contributed by atoms with Gasteiger partial charge in [-0.15, -0.1) is 0 Å². The maximum Gasteiger partial charge on any atom is 0.188 e. The van der Waals surface area contributed by atoms with Gasteiger partial charge in [0.15, 0.2) is 6.79 Å². The molecule has 15 heavy (non-hydrogen) atoms. The second-order valence-corrected chi connectivity index (χ2v) is 3.81. The number of rotatable bonds is 5. The fourth-order valence-corrected chi connectivity index (χ4v) is 1.82. The first-order valence-corrected chi connectivity index (χ1v) is 5.24. The molecule has 0 saturated heterocycles. The molecule has 0 aliphatic heterocycles. The predicted molar refractivity (Wildman–Crippen MR) is 61.7 cm³/mol. The van der Waals surface area contributed by atoms with E-state index >= 15 is 0 Å². The first kappa shape index (κ1) is 12.6. The van der Waals surface area contributed by atoms with Crippen molar-refractivity contribution >= 4 is 23.2 Å². The van der Waals surface area contributed by atoms with Gasteiger partial charge >= 0.3 is 0 Å². The molecule has 0 bridgehead atoms. The van der Waals surface area contributed by atoms with E-state index < -0.39 is 0 Å². The number of hydrogen-bond acceptors (Lipinski definition) is 3. The van der Waals surface area contributed by atoms with Crippen LogP contribution in [0.1, 0.15) is 5.56 Å². The molecule has 3 nitrogen and oxygen atoms in total. The topological polar surface area (TPSA) is 44.5 Å². The Morgan fingerprint density at radius 1 is 1.33 bits per heavy atom. The van der Waals surface area contributed by atoms with Crippen molar-refractivity contribution < 1.29 is 9.47 Å². The van der Waals surface area contributed by atoms with Gasteiger partial charge in [0.2, 0.25) is 0 Å². The van der Waals surface area contributed by atoms with E-state index in [9.17, 15) is 0 Å². The molecule has 0 aromatic heterocycles. The molecule has 2 N–H and O–H groups in total. The summed E-state index contributed by atoms with van der Waals surface area (Å²) in [6, 6.07) is 3.43. The zero-order valence-corrected chi connectivity index (χ0v) is 9.94. The van der Waals surface area contributed by atoms with E-state index in [1.54, 1.807) is 19.2 Å². The fraction of sp³-hybridized carbons (Fsp3) is 0.400. The second kappa shape index (κ2) is 6.18. The minimum atomic E-state index is 0.152. The van der Waals surface area contributed by atoms with E-state index in [0.717, 1.165) is 5.56 Å². The molecule has 5 heteroatoms. The molecule has 1 aromatic carbocycles. The van der Waals surface area contributed by atoms with Crippen molar-refractivity contribution in [2.45, 2.75) is 6.42 Å². The van der Waals surface area contributed by atoms with Gasteiger partial charge in [0, 0.05) is 12.1 Å². The van der Waals surface area contributed by atoms with Crippen molar-refractivity contribution in [2.24, 2.45) is 5.73 Å². The summed E-state index contributed by atoms with van der Waals surface area (Å²) < 4.78 is 10.2. The Balaban J connectivity index is 2.97. The van der Waals surface area contributed by atoms with Crippen LogP contribution in [-0.4, -0.2) is 20.4 Å². The van der Waals surface area contributed by atoms with Gasteiger partial charge in [0.05, 0.1) is 5.02 Å². The Morgan fingerprint density at radius 3 is 2.67 bits per heavy atom. The SMILES string of the molecule is COCOc1c(Cl)cc(Cl)cc1CCN. The summed E-state index contributed by atoms with van der Waals surface area (Å²) in [4.78, 5) is 0. The number of nitrogens with two attached hydrogens (primary N) is 1. The normalized spacial score (nSPS) is 10.4. The third kappa shape index (κ3) is 3.54. The second-order valence-electron chi connectivity index (χ2n) is 2.97. The van der Waals surface area contributed by atoms with Gasteiger partial charge in [-0.3, -0.25) is 0 Å². The monoisotopic (exact) mass is 249 g/mol. The first-order chi connectivity index (χ1) is 7.19. The molecule has 84 valence electrons. The summed E-state index contributed by atoms with van der Waals surface area (Å²) in [5.74, 6) is 0.591. The zero-order chi connectivity index (χ0) is 11.3. The van der Waals surface area contributed by atoms with Crippen molar-refractivity contribution in [2.75, 3.05) is 20.4 Å². The maximum atomic E-state index is 6.00. The largest absolute Gasteiger partial charge is 0.466 e. The molecule has 0 spiro atoms. The van der Waals surface area contributed by atoms with Crippen LogP contribution in [0.2, 0.25) is 10.0 Å². The highest BCUT2D eigenvalue weighted by molar-refractivity contribution is 6.35. The number of halogens is 2. The van der Waals surface area contributed by atoms with E-state index in [2.05, 4.69) is 0 Å². The quantitative estimate of drug-likeness (QED) is 0.816. The summed E-state index contributed by atoms with van der Waals surface area (Å²) in [6.45, 7) is 0.666. The number of hydrogen-bond donors (Lipinski definition) is 1. The van der Waals surface area contributed by atoms with E-state index in [-0.39, 0.29) is 6.79 Å². The lowest BCUT2D eigenvalue weighted by molar-refractivity contribution is 0.0505. The van der Waals surface area contributed by atoms with E-state index in [4.69, 9.17) is 38.4 Å². The molecule has 1 rings (SSSR count). The van der Waals surface area contributed by atoms with Crippen LogP contribution < -0.4 is 10.5 Å². The Bertz CT molecular complexity index is 331.